The highest BCUT2D eigenvalue weighted by Gasteiger charge is 2.29. The number of carbonyl (C=O) groups is 1. The van der Waals surface area contributed by atoms with Crippen LogP contribution in [0.4, 0.5) is 13.2 Å². The van der Waals surface area contributed by atoms with E-state index in [4.69, 9.17) is 4.74 Å². The van der Waals surface area contributed by atoms with Gasteiger partial charge < -0.3 is 9.64 Å². The minimum absolute atomic E-state index is 0.0387. The lowest BCUT2D eigenvalue weighted by Crippen LogP contribution is -2.29. The highest BCUT2D eigenvalue weighted by molar-refractivity contribution is 7.05. The van der Waals surface area contributed by atoms with Crippen LogP contribution in [0.5, 0.6) is 5.88 Å². The number of aromatic nitrogens is 3. The van der Waals surface area contributed by atoms with Crippen molar-refractivity contribution in [3.63, 3.8) is 0 Å². The Morgan fingerprint density at radius 3 is 2.69 bits per heavy atom. The predicted molar refractivity (Wildman–Crippen MR) is 132 cm³/mol. The molecule has 0 saturated heterocycles. The van der Waals surface area contributed by atoms with Gasteiger partial charge >= 0.3 is 6.18 Å². The molecule has 0 spiro atoms. The Bertz CT molecular complexity index is 1050. The molecule has 0 atom stereocenters. The number of amides is 1. The Morgan fingerprint density at radius 2 is 1.97 bits per heavy atom. The molecule has 1 fully saturated rings. The molecule has 1 saturated carbocycles. The fourth-order valence-electron chi connectivity index (χ4n) is 4.83. The second kappa shape index (κ2) is 12.2. The van der Waals surface area contributed by atoms with Gasteiger partial charge in [0.15, 0.2) is 6.61 Å². The van der Waals surface area contributed by atoms with Gasteiger partial charge in [0.1, 0.15) is 10.8 Å². The summed E-state index contributed by atoms with van der Waals surface area (Å²) in [4.78, 5) is 27.2. The maximum absolute atomic E-state index is 12.4. The standard InChI is InChI=1S/C25H32F3N5O2S/c1-17-30-24(36-32-17)14-22(34)29-15-19-4-2-18(3-5-19)8-11-33-12-9-20-6-7-23(31-21(20)10-13-33)35-16-25(26,27)28/h6-7,15,18-19H,2-5,8-14,16H2,1H3. The van der Waals surface area contributed by atoms with Crippen molar-refractivity contribution in [2.24, 2.45) is 16.8 Å². The SMILES string of the molecule is Cc1nsc(CC(=O)N=CC2CCC(CCN3CCc4ccc(OCC(F)(F)F)nc4CC3)CC2)n1. The second-order valence-electron chi connectivity index (χ2n) is 9.65. The van der Waals surface area contributed by atoms with Gasteiger partial charge in [0, 0.05) is 37.5 Å². The number of alkyl halides is 3. The molecule has 3 heterocycles. The first-order chi connectivity index (χ1) is 17.2. The van der Waals surface area contributed by atoms with E-state index in [1.165, 1.54) is 17.6 Å². The van der Waals surface area contributed by atoms with Gasteiger partial charge in [0.2, 0.25) is 5.88 Å². The largest absolute Gasteiger partial charge is 0.468 e. The van der Waals surface area contributed by atoms with Crippen LogP contribution in [-0.4, -0.2) is 63.8 Å². The van der Waals surface area contributed by atoms with Crippen molar-refractivity contribution in [1.29, 1.82) is 0 Å². The van der Waals surface area contributed by atoms with Crippen LogP contribution in [0.15, 0.2) is 17.1 Å². The number of aliphatic imine (C=N–C) groups is 1. The number of carbonyl (C=O) groups excluding carboxylic acids is 1. The molecule has 0 unspecified atom stereocenters. The van der Waals surface area contributed by atoms with Gasteiger partial charge in [0.25, 0.3) is 5.91 Å². The summed E-state index contributed by atoms with van der Waals surface area (Å²) in [6, 6.07) is 3.38. The van der Waals surface area contributed by atoms with Gasteiger partial charge in [-0.25, -0.2) is 15.0 Å². The molecule has 1 amide bonds. The van der Waals surface area contributed by atoms with Crippen molar-refractivity contribution in [1.82, 2.24) is 19.2 Å². The van der Waals surface area contributed by atoms with E-state index in [0.717, 1.165) is 69.4 Å². The molecule has 2 aromatic rings. The highest BCUT2D eigenvalue weighted by atomic mass is 32.1. The molecule has 0 N–H and O–H groups in total. The number of halogens is 3. The summed E-state index contributed by atoms with van der Waals surface area (Å²) in [5.41, 5.74) is 1.93. The van der Waals surface area contributed by atoms with Gasteiger partial charge in [-0.1, -0.05) is 6.07 Å². The van der Waals surface area contributed by atoms with Crippen LogP contribution in [0.1, 0.15) is 54.2 Å². The molecule has 0 radical (unpaired) electrons. The van der Waals surface area contributed by atoms with Crippen LogP contribution in [0, 0.1) is 18.8 Å². The maximum atomic E-state index is 12.4. The van der Waals surface area contributed by atoms with Crippen molar-refractivity contribution in [2.75, 3.05) is 26.2 Å². The van der Waals surface area contributed by atoms with Crippen molar-refractivity contribution >= 4 is 23.7 Å². The van der Waals surface area contributed by atoms with E-state index in [2.05, 4.69) is 24.2 Å². The summed E-state index contributed by atoms with van der Waals surface area (Å²) in [7, 11) is 0. The third-order valence-corrected chi connectivity index (χ3v) is 7.64. The average Bonchev–Trinajstić information content (AvgIpc) is 3.14. The summed E-state index contributed by atoms with van der Waals surface area (Å²) in [5, 5.41) is 0.709. The van der Waals surface area contributed by atoms with E-state index in [9.17, 15) is 18.0 Å². The molecule has 1 aliphatic carbocycles. The molecule has 0 bridgehead atoms. The molecule has 2 aromatic heterocycles. The minimum atomic E-state index is -4.37. The quantitative estimate of drug-likeness (QED) is 0.470. The lowest BCUT2D eigenvalue weighted by molar-refractivity contribution is -0.154. The summed E-state index contributed by atoms with van der Waals surface area (Å²) in [5.74, 6) is 1.59. The average molecular weight is 524 g/mol. The van der Waals surface area contributed by atoms with Gasteiger partial charge in [-0.2, -0.15) is 17.5 Å². The Morgan fingerprint density at radius 1 is 1.19 bits per heavy atom. The molecule has 11 heteroatoms. The van der Waals surface area contributed by atoms with E-state index in [0.29, 0.717) is 29.1 Å². The summed E-state index contributed by atoms with van der Waals surface area (Å²) < 4.78 is 46.2. The maximum Gasteiger partial charge on any atom is 0.422 e. The number of fused-ring (bicyclic) bond motifs is 1. The van der Waals surface area contributed by atoms with E-state index in [1.54, 1.807) is 0 Å². The molecule has 1 aliphatic heterocycles. The van der Waals surface area contributed by atoms with Gasteiger partial charge in [0.05, 0.1) is 6.42 Å². The van der Waals surface area contributed by atoms with Crippen LogP contribution in [-0.2, 0) is 24.1 Å². The lowest BCUT2D eigenvalue weighted by atomic mass is 9.81. The minimum Gasteiger partial charge on any atom is -0.468 e. The normalized spacial score (nSPS) is 21.3. The van der Waals surface area contributed by atoms with Gasteiger partial charge in [-0.05, 0) is 80.9 Å². The highest BCUT2D eigenvalue weighted by Crippen LogP contribution is 2.30. The zero-order valence-electron chi connectivity index (χ0n) is 20.5. The monoisotopic (exact) mass is 523 g/mol. The van der Waals surface area contributed by atoms with Crippen molar-refractivity contribution < 1.29 is 22.7 Å². The van der Waals surface area contributed by atoms with E-state index >= 15 is 0 Å². The van der Waals surface area contributed by atoms with Crippen LogP contribution < -0.4 is 4.74 Å². The zero-order chi connectivity index (χ0) is 25.5. The molecule has 2 aliphatic rings. The van der Waals surface area contributed by atoms with Crippen molar-refractivity contribution in [3.05, 3.63) is 34.2 Å². The van der Waals surface area contributed by atoms with Crippen molar-refractivity contribution in [2.45, 2.75) is 64.5 Å². The summed E-state index contributed by atoms with van der Waals surface area (Å²) >= 11 is 1.25. The number of hydrogen-bond acceptors (Lipinski definition) is 7. The third-order valence-electron chi connectivity index (χ3n) is 6.84. The first kappa shape index (κ1) is 26.7. The second-order valence-corrected chi connectivity index (χ2v) is 10.5. The molecular weight excluding hydrogens is 491 g/mol. The van der Waals surface area contributed by atoms with Gasteiger partial charge in [-0.15, -0.1) is 0 Å². The fraction of sp³-hybridized carbons (Fsp3) is 0.640. The molecule has 0 aromatic carbocycles. The molecule has 196 valence electrons. The Balaban J connectivity index is 1.16. The number of aryl methyl sites for hydroxylation is 1. The van der Waals surface area contributed by atoms with E-state index < -0.39 is 12.8 Å². The van der Waals surface area contributed by atoms with Crippen LogP contribution in [0.3, 0.4) is 0 Å². The molecule has 36 heavy (non-hydrogen) atoms. The number of hydrogen-bond donors (Lipinski definition) is 0. The van der Waals surface area contributed by atoms with Crippen molar-refractivity contribution in [3.8, 4) is 5.88 Å². The lowest BCUT2D eigenvalue weighted by Gasteiger charge is -2.28. The van der Waals surface area contributed by atoms with E-state index in [-0.39, 0.29) is 18.2 Å². The smallest absolute Gasteiger partial charge is 0.422 e. The van der Waals surface area contributed by atoms with E-state index in [1.807, 2.05) is 19.2 Å². The number of pyridine rings is 1. The first-order valence-corrected chi connectivity index (χ1v) is 13.3. The summed E-state index contributed by atoms with van der Waals surface area (Å²) in [6.45, 7) is 3.27. The van der Waals surface area contributed by atoms with Gasteiger partial charge in [-0.3, -0.25) is 4.79 Å². The van der Waals surface area contributed by atoms with Crippen LogP contribution in [0.25, 0.3) is 0 Å². The first-order valence-electron chi connectivity index (χ1n) is 12.5. The Kier molecular flexibility index (Phi) is 9.05. The summed E-state index contributed by atoms with van der Waals surface area (Å²) in [6.07, 6.45) is 4.74. The van der Waals surface area contributed by atoms with Crippen LogP contribution >= 0.6 is 11.5 Å². The third kappa shape index (κ3) is 8.33. The fourth-order valence-corrected chi connectivity index (χ4v) is 5.47. The predicted octanol–water partition coefficient (Wildman–Crippen LogP) is 4.62. The number of nitrogens with zero attached hydrogens (tertiary/aromatic N) is 5. The topological polar surface area (TPSA) is 80.6 Å². The molecular formula is C25H32F3N5O2S. The number of ether oxygens (including phenoxy) is 1. The van der Waals surface area contributed by atoms with Crippen LogP contribution in [0.2, 0.25) is 0 Å². The molecule has 7 nitrogen and oxygen atoms in total. The zero-order valence-corrected chi connectivity index (χ0v) is 21.3. The molecule has 4 rings (SSSR count). The Hall–Kier alpha value is -2.40. The Labute approximate surface area is 213 Å². The number of rotatable bonds is 8.